The van der Waals surface area contributed by atoms with Crippen LogP contribution in [0.15, 0.2) is 42.7 Å². The van der Waals surface area contributed by atoms with Gasteiger partial charge < -0.3 is 10.2 Å². The third-order valence-electron chi connectivity index (χ3n) is 4.83. The highest BCUT2D eigenvalue weighted by atomic mass is 16.2. The Kier molecular flexibility index (Phi) is 4.19. The summed E-state index contributed by atoms with van der Waals surface area (Å²) in [5, 5.41) is 11.2. The van der Waals surface area contributed by atoms with Crippen LogP contribution in [0.4, 0.5) is 0 Å². The molecular formula is C19H21N5O. The summed E-state index contributed by atoms with van der Waals surface area (Å²) in [5.74, 6) is -0.107. The van der Waals surface area contributed by atoms with Crippen molar-refractivity contribution < 1.29 is 4.79 Å². The number of rotatable bonds is 3. The Morgan fingerprint density at radius 3 is 2.84 bits per heavy atom. The standard InChI is InChI=1S/C19H21N5O/c1-24-9-6-15(7-10-24)21-19(25)18-16-11-13(4-5-17(16)22-23-18)14-3-2-8-20-12-14/h2-5,8,11-12,15H,6-7,9-10H2,1H3,(H,21,25)(H,22,23). The summed E-state index contributed by atoms with van der Waals surface area (Å²) < 4.78 is 0. The molecule has 0 aliphatic carbocycles. The number of hydrogen-bond donors (Lipinski definition) is 2. The molecule has 1 fully saturated rings. The number of nitrogens with one attached hydrogen (secondary N) is 2. The Morgan fingerprint density at radius 1 is 1.24 bits per heavy atom. The van der Waals surface area contributed by atoms with Crippen LogP contribution in [-0.2, 0) is 0 Å². The number of carbonyl (C=O) groups excluding carboxylic acids is 1. The van der Waals surface area contributed by atoms with E-state index in [1.807, 2.05) is 36.5 Å². The molecule has 1 aliphatic rings. The molecule has 6 nitrogen and oxygen atoms in total. The molecule has 1 aromatic carbocycles. The normalized spacial score (nSPS) is 16.2. The Hall–Kier alpha value is -2.73. The molecule has 6 heteroatoms. The number of amides is 1. The second kappa shape index (κ2) is 6.64. The van der Waals surface area contributed by atoms with Gasteiger partial charge in [0.15, 0.2) is 5.69 Å². The third-order valence-corrected chi connectivity index (χ3v) is 4.83. The molecule has 25 heavy (non-hydrogen) atoms. The van der Waals surface area contributed by atoms with E-state index in [1.165, 1.54) is 0 Å². The smallest absolute Gasteiger partial charge is 0.272 e. The van der Waals surface area contributed by atoms with Crippen molar-refractivity contribution in [2.75, 3.05) is 20.1 Å². The van der Waals surface area contributed by atoms with Crippen molar-refractivity contribution in [1.82, 2.24) is 25.4 Å². The van der Waals surface area contributed by atoms with Gasteiger partial charge in [0.25, 0.3) is 5.91 Å². The summed E-state index contributed by atoms with van der Waals surface area (Å²) in [4.78, 5) is 19.1. The van der Waals surface area contributed by atoms with Crippen LogP contribution in [0.5, 0.6) is 0 Å². The molecule has 1 aliphatic heterocycles. The number of aromatic nitrogens is 3. The van der Waals surface area contributed by atoms with Crippen molar-refractivity contribution >= 4 is 16.8 Å². The number of benzene rings is 1. The zero-order chi connectivity index (χ0) is 17.2. The lowest BCUT2D eigenvalue weighted by molar-refractivity contribution is 0.0913. The summed E-state index contributed by atoms with van der Waals surface area (Å²) >= 11 is 0. The van der Waals surface area contributed by atoms with E-state index >= 15 is 0 Å². The van der Waals surface area contributed by atoms with E-state index in [9.17, 15) is 4.79 Å². The molecule has 0 saturated carbocycles. The lowest BCUT2D eigenvalue weighted by atomic mass is 10.0. The molecule has 0 unspecified atom stereocenters. The first-order valence-electron chi connectivity index (χ1n) is 8.58. The van der Waals surface area contributed by atoms with Crippen LogP contribution in [-0.4, -0.2) is 52.2 Å². The number of likely N-dealkylation sites (tertiary alicyclic amines) is 1. The minimum atomic E-state index is -0.107. The van der Waals surface area contributed by atoms with Gasteiger partial charge in [-0.3, -0.25) is 14.9 Å². The Bertz CT molecular complexity index is 881. The lowest BCUT2D eigenvalue weighted by Gasteiger charge is -2.29. The number of fused-ring (bicyclic) bond motifs is 1. The fraction of sp³-hybridized carbons (Fsp3) is 0.316. The molecule has 0 spiro atoms. The molecule has 3 aromatic rings. The van der Waals surface area contributed by atoms with Crippen molar-refractivity contribution in [2.45, 2.75) is 18.9 Å². The van der Waals surface area contributed by atoms with Gasteiger partial charge in [0.05, 0.1) is 5.52 Å². The van der Waals surface area contributed by atoms with Crippen molar-refractivity contribution in [1.29, 1.82) is 0 Å². The maximum atomic E-state index is 12.7. The number of pyridine rings is 1. The highest BCUT2D eigenvalue weighted by Crippen LogP contribution is 2.25. The fourth-order valence-corrected chi connectivity index (χ4v) is 3.31. The van der Waals surface area contributed by atoms with Gasteiger partial charge in [-0.15, -0.1) is 0 Å². The molecule has 3 heterocycles. The van der Waals surface area contributed by atoms with E-state index in [0.29, 0.717) is 5.69 Å². The molecule has 128 valence electrons. The van der Waals surface area contributed by atoms with Crippen LogP contribution >= 0.6 is 0 Å². The quantitative estimate of drug-likeness (QED) is 0.771. The predicted octanol–water partition coefficient (Wildman–Crippen LogP) is 2.45. The van der Waals surface area contributed by atoms with Crippen molar-refractivity contribution in [3.8, 4) is 11.1 Å². The summed E-state index contributed by atoms with van der Waals surface area (Å²) in [6, 6.07) is 10.1. The SMILES string of the molecule is CN1CCC(NC(=O)c2n[nH]c3ccc(-c4cccnc4)cc23)CC1. The van der Waals surface area contributed by atoms with Crippen LogP contribution in [0.3, 0.4) is 0 Å². The van der Waals surface area contributed by atoms with E-state index < -0.39 is 0 Å². The summed E-state index contributed by atoms with van der Waals surface area (Å²) in [7, 11) is 2.11. The number of nitrogens with zero attached hydrogens (tertiary/aromatic N) is 3. The molecule has 1 amide bonds. The van der Waals surface area contributed by atoms with Gasteiger partial charge in [0.2, 0.25) is 0 Å². The second-order valence-corrected chi connectivity index (χ2v) is 6.63. The summed E-state index contributed by atoms with van der Waals surface area (Å²) in [5.41, 5.74) is 3.36. The number of aromatic amines is 1. The van der Waals surface area contributed by atoms with Crippen molar-refractivity contribution in [3.63, 3.8) is 0 Å². The summed E-state index contributed by atoms with van der Waals surface area (Å²) in [6.07, 6.45) is 5.52. The minimum Gasteiger partial charge on any atom is -0.348 e. The number of H-pyrrole nitrogens is 1. The Labute approximate surface area is 146 Å². The van der Waals surface area contributed by atoms with Crippen molar-refractivity contribution in [3.05, 3.63) is 48.4 Å². The fourth-order valence-electron chi connectivity index (χ4n) is 3.31. The number of piperidine rings is 1. The highest BCUT2D eigenvalue weighted by Gasteiger charge is 2.21. The van der Waals surface area contributed by atoms with E-state index in [2.05, 4.69) is 32.4 Å². The Morgan fingerprint density at radius 2 is 2.08 bits per heavy atom. The average molecular weight is 335 g/mol. The van der Waals surface area contributed by atoms with Crippen LogP contribution in [0, 0.1) is 0 Å². The zero-order valence-corrected chi connectivity index (χ0v) is 14.2. The molecule has 0 radical (unpaired) electrons. The molecule has 0 bridgehead atoms. The van der Waals surface area contributed by atoms with Crippen LogP contribution in [0.25, 0.3) is 22.0 Å². The molecule has 0 atom stereocenters. The topological polar surface area (TPSA) is 73.9 Å². The van der Waals surface area contributed by atoms with Crippen LogP contribution in [0.1, 0.15) is 23.3 Å². The van der Waals surface area contributed by atoms with E-state index in [0.717, 1.165) is 48.0 Å². The number of hydrogen-bond acceptors (Lipinski definition) is 4. The monoisotopic (exact) mass is 335 g/mol. The lowest BCUT2D eigenvalue weighted by Crippen LogP contribution is -2.43. The molecule has 1 saturated heterocycles. The summed E-state index contributed by atoms with van der Waals surface area (Å²) in [6.45, 7) is 2.02. The van der Waals surface area contributed by atoms with Crippen LogP contribution < -0.4 is 5.32 Å². The third kappa shape index (κ3) is 3.25. The van der Waals surface area contributed by atoms with E-state index in [-0.39, 0.29) is 11.9 Å². The molecule has 2 N–H and O–H groups in total. The predicted molar refractivity (Wildman–Crippen MR) is 97.3 cm³/mol. The van der Waals surface area contributed by atoms with E-state index in [1.54, 1.807) is 6.20 Å². The minimum absolute atomic E-state index is 0.107. The van der Waals surface area contributed by atoms with E-state index in [4.69, 9.17) is 0 Å². The van der Waals surface area contributed by atoms with Crippen LogP contribution in [0.2, 0.25) is 0 Å². The van der Waals surface area contributed by atoms with Gasteiger partial charge in [-0.05, 0) is 56.7 Å². The maximum absolute atomic E-state index is 12.7. The first-order chi connectivity index (χ1) is 12.2. The van der Waals surface area contributed by atoms with Gasteiger partial charge in [-0.2, -0.15) is 5.10 Å². The van der Waals surface area contributed by atoms with Gasteiger partial charge >= 0.3 is 0 Å². The average Bonchev–Trinajstić information content (AvgIpc) is 3.07. The first-order valence-corrected chi connectivity index (χ1v) is 8.58. The zero-order valence-electron chi connectivity index (χ0n) is 14.2. The molecule has 4 rings (SSSR count). The van der Waals surface area contributed by atoms with Gasteiger partial charge in [0.1, 0.15) is 0 Å². The maximum Gasteiger partial charge on any atom is 0.272 e. The Balaban J connectivity index is 1.60. The van der Waals surface area contributed by atoms with Crippen molar-refractivity contribution in [2.24, 2.45) is 0 Å². The first kappa shape index (κ1) is 15.8. The molecular weight excluding hydrogens is 314 g/mol. The largest absolute Gasteiger partial charge is 0.348 e. The van der Waals surface area contributed by atoms with Gasteiger partial charge in [-0.25, -0.2) is 0 Å². The molecule has 2 aromatic heterocycles. The van der Waals surface area contributed by atoms with Gasteiger partial charge in [0, 0.05) is 29.4 Å². The highest BCUT2D eigenvalue weighted by molar-refractivity contribution is 6.05. The number of carbonyl (C=O) groups is 1. The second-order valence-electron chi connectivity index (χ2n) is 6.63. The van der Waals surface area contributed by atoms with Gasteiger partial charge in [-0.1, -0.05) is 12.1 Å².